The lowest BCUT2D eigenvalue weighted by atomic mass is 9.55. The molecule has 26 heavy (non-hydrogen) atoms. The quantitative estimate of drug-likeness (QED) is 0.831. The third-order valence-corrected chi connectivity index (χ3v) is 7.73. The average molecular weight is 346 g/mol. The zero-order chi connectivity index (χ0) is 17.5. The summed E-state index contributed by atoms with van der Waals surface area (Å²) >= 11 is 0. The van der Waals surface area contributed by atoms with E-state index in [1.54, 1.807) is 0 Å². The van der Waals surface area contributed by atoms with Gasteiger partial charge in [0.2, 0.25) is 0 Å². The average Bonchev–Trinajstić information content (AvgIpc) is 3.36. The molecule has 2 N–H and O–H groups in total. The van der Waals surface area contributed by atoms with Gasteiger partial charge in [-0.05, 0) is 50.2 Å². The summed E-state index contributed by atoms with van der Waals surface area (Å²) < 4.78 is 0. The molecule has 0 bridgehead atoms. The molecular formula is C22H26N4. The normalized spacial score (nSPS) is 37.6. The minimum absolute atomic E-state index is 0.105. The number of likely N-dealkylation sites (N-methyl/N-ethyl adjacent to an activating group) is 2. The number of nitrogens with zero attached hydrogens (tertiary/aromatic N) is 2. The largest absolute Gasteiger partial charge is 0.369 e. The third-order valence-electron chi connectivity index (χ3n) is 7.73. The molecule has 0 saturated carbocycles. The van der Waals surface area contributed by atoms with Gasteiger partial charge in [-0.2, -0.15) is 0 Å². The van der Waals surface area contributed by atoms with Crippen LogP contribution in [0.4, 0.5) is 11.4 Å². The maximum Gasteiger partial charge on any atom is 0.0901 e. The van der Waals surface area contributed by atoms with Crippen LogP contribution in [-0.4, -0.2) is 49.3 Å². The molecule has 4 aliphatic rings. The van der Waals surface area contributed by atoms with Crippen LogP contribution >= 0.6 is 0 Å². The van der Waals surface area contributed by atoms with Gasteiger partial charge in [-0.1, -0.05) is 36.4 Å². The molecule has 0 aliphatic carbocycles. The van der Waals surface area contributed by atoms with Gasteiger partial charge >= 0.3 is 0 Å². The first kappa shape index (κ1) is 15.1. The Morgan fingerprint density at radius 3 is 1.62 bits per heavy atom. The second-order valence-corrected chi connectivity index (χ2v) is 8.59. The molecule has 2 fully saturated rings. The fourth-order valence-electron chi connectivity index (χ4n) is 6.73. The first-order valence-corrected chi connectivity index (χ1v) is 9.81. The number of anilines is 2. The van der Waals surface area contributed by atoms with Gasteiger partial charge in [0.25, 0.3) is 0 Å². The van der Waals surface area contributed by atoms with Crippen LogP contribution in [0, 0.1) is 0 Å². The van der Waals surface area contributed by atoms with Crippen LogP contribution in [0.25, 0.3) is 0 Å². The van der Waals surface area contributed by atoms with E-state index in [1.807, 2.05) is 0 Å². The molecule has 0 aromatic heterocycles. The summed E-state index contributed by atoms with van der Waals surface area (Å²) in [5, 5.41) is 7.79. The van der Waals surface area contributed by atoms with Gasteiger partial charge < -0.3 is 10.6 Å². The highest BCUT2D eigenvalue weighted by Gasteiger charge is 2.70. The lowest BCUT2D eigenvalue weighted by molar-refractivity contribution is 0.147. The van der Waals surface area contributed by atoms with Crippen LogP contribution in [-0.2, 0) is 10.8 Å². The van der Waals surface area contributed by atoms with Gasteiger partial charge in [0, 0.05) is 35.3 Å². The molecular weight excluding hydrogens is 320 g/mol. The van der Waals surface area contributed by atoms with E-state index >= 15 is 0 Å². The summed E-state index contributed by atoms with van der Waals surface area (Å²) in [5.74, 6) is 0. The summed E-state index contributed by atoms with van der Waals surface area (Å²) in [5.41, 5.74) is 5.91. The van der Waals surface area contributed by atoms with Crippen molar-refractivity contribution < 1.29 is 0 Å². The van der Waals surface area contributed by atoms with Crippen LogP contribution in [0.15, 0.2) is 48.5 Å². The molecule has 0 spiro atoms. The van der Waals surface area contributed by atoms with Crippen molar-refractivity contribution in [3.05, 3.63) is 59.7 Å². The molecule has 2 saturated heterocycles. The van der Waals surface area contributed by atoms with Crippen molar-refractivity contribution in [2.75, 3.05) is 37.8 Å². The standard InChI is InChI=1S/C22H26N4/c1-25-13-11-21(15-7-3-5-9-17(15)23-19(21)25)22-12-14-26(2)20(22)24-18-10-6-4-8-16(18)22/h3-10,19-20,23-24H,11-14H2,1-2H3/t19-,20-,21-,22+/m0/s1. The zero-order valence-electron chi connectivity index (χ0n) is 15.5. The second kappa shape index (κ2) is 4.81. The monoisotopic (exact) mass is 346 g/mol. The molecule has 4 nitrogen and oxygen atoms in total. The Kier molecular flexibility index (Phi) is 2.79. The van der Waals surface area contributed by atoms with Gasteiger partial charge in [-0.3, -0.25) is 9.80 Å². The number of hydrogen-bond donors (Lipinski definition) is 2. The van der Waals surface area contributed by atoms with Crippen molar-refractivity contribution >= 4 is 11.4 Å². The van der Waals surface area contributed by atoms with E-state index in [9.17, 15) is 0 Å². The van der Waals surface area contributed by atoms with Crippen molar-refractivity contribution in [3.63, 3.8) is 0 Å². The molecule has 4 aliphatic heterocycles. The first-order valence-electron chi connectivity index (χ1n) is 9.81. The Morgan fingerprint density at radius 2 is 1.15 bits per heavy atom. The lowest BCUT2D eigenvalue weighted by Gasteiger charge is -2.48. The minimum atomic E-state index is 0.105. The number of likely N-dealkylation sites (tertiary alicyclic amines) is 2. The molecule has 0 amide bonds. The molecule has 2 aromatic carbocycles. The van der Waals surface area contributed by atoms with E-state index in [0.717, 1.165) is 13.1 Å². The SMILES string of the molecule is CN1CC[C@]2([C@@]34CCN(C)[C@@H]3Nc3ccccc34)c3ccccc3N[C@@H]12. The topological polar surface area (TPSA) is 30.5 Å². The highest BCUT2D eigenvalue weighted by molar-refractivity contribution is 5.72. The molecule has 0 radical (unpaired) electrons. The number of para-hydroxylation sites is 2. The van der Waals surface area contributed by atoms with E-state index < -0.39 is 0 Å². The molecule has 2 aromatic rings. The van der Waals surface area contributed by atoms with Gasteiger partial charge in [0.1, 0.15) is 0 Å². The third kappa shape index (κ3) is 1.47. The molecule has 6 rings (SSSR count). The Labute approximate surface area is 155 Å². The fraction of sp³-hybridized carbons (Fsp3) is 0.455. The highest BCUT2D eigenvalue weighted by Crippen LogP contribution is 2.65. The lowest BCUT2D eigenvalue weighted by Crippen LogP contribution is -2.60. The van der Waals surface area contributed by atoms with Crippen molar-refractivity contribution in [1.29, 1.82) is 0 Å². The molecule has 4 heterocycles. The number of rotatable bonds is 1. The van der Waals surface area contributed by atoms with Crippen LogP contribution in [0.1, 0.15) is 24.0 Å². The summed E-state index contributed by atoms with van der Waals surface area (Å²) in [6.45, 7) is 2.29. The van der Waals surface area contributed by atoms with Crippen LogP contribution < -0.4 is 10.6 Å². The Hall–Kier alpha value is -2.04. The smallest absolute Gasteiger partial charge is 0.0901 e. The molecule has 134 valence electrons. The van der Waals surface area contributed by atoms with E-state index in [-0.39, 0.29) is 10.8 Å². The Bertz CT molecular complexity index is 822. The van der Waals surface area contributed by atoms with Crippen molar-refractivity contribution in [1.82, 2.24) is 9.80 Å². The second-order valence-electron chi connectivity index (χ2n) is 8.59. The Morgan fingerprint density at radius 1 is 0.731 bits per heavy atom. The van der Waals surface area contributed by atoms with Crippen molar-refractivity contribution in [2.45, 2.75) is 36.0 Å². The summed E-state index contributed by atoms with van der Waals surface area (Å²) in [4.78, 5) is 5.07. The number of nitrogens with one attached hydrogen (secondary N) is 2. The number of hydrogen-bond acceptors (Lipinski definition) is 4. The summed E-state index contributed by atoms with van der Waals surface area (Å²) in [6, 6.07) is 18.1. The molecule has 4 heteroatoms. The minimum Gasteiger partial charge on any atom is -0.369 e. The van der Waals surface area contributed by atoms with E-state index in [0.29, 0.717) is 12.3 Å². The van der Waals surface area contributed by atoms with E-state index in [1.165, 1.54) is 35.3 Å². The summed E-state index contributed by atoms with van der Waals surface area (Å²) in [6.07, 6.45) is 3.14. The van der Waals surface area contributed by atoms with Gasteiger partial charge in [0.05, 0.1) is 12.3 Å². The highest BCUT2D eigenvalue weighted by atomic mass is 15.4. The van der Waals surface area contributed by atoms with Crippen molar-refractivity contribution in [3.8, 4) is 0 Å². The first-order chi connectivity index (χ1) is 12.7. The molecule has 4 atom stereocenters. The maximum atomic E-state index is 3.90. The van der Waals surface area contributed by atoms with Gasteiger partial charge in [-0.25, -0.2) is 0 Å². The number of benzene rings is 2. The van der Waals surface area contributed by atoms with E-state index in [4.69, 9.17) is 0 Å². The summed E-state index contributed by atoms with van der Waals surface area (Å²) in [7, 11) is 4.56. The zero-order valence-corrected chi connectivity index (χ0v) is 15.5. The Balaban J connectivity index is 1.68. The predicted octanol–water partition coefficient (Wildman–Crippen LogP) is 3.04. The van der Waals surface area contributed by atoms with Crippen LogP contribution in [0.5, 0.6) is 0 Å². The van der Waals surface area contributed by atoms with Crippen molar-refractivity contribution in [2.24, 2.45) is 0 Å². The van der Waals surface area contributed by atoms with Crippen LogP contribution in [0.3, 0.4) is 0 Å². The fourth-order valence-corrected chi connectivity index (χ4v) is 6.73. The van der Waals surface area contributed by atoms with E-state index in [2.05, 4.69) is 83.1 Å². The van der Waals surface area contributed by atoms with Gasteiger partial charge in [-0.15, -0.1) is 0 Å². The number of fused-ring (bicyclic) bond motifs is 7. The molecule has 0 unspecified atom stereocenters. The predicted molar refractivity (Wildman–Crippen MR) is 106 cm³/mol. The maximum absolute atomic E-state index is 3.90. The van der Waals surface area contributed by atoms with Gasteiger partial charge in [0.15, 0.2) is 0 Å². The van der Waals surface area contributed by atoms with Crippen LogP contribution in [0.2, 0.25) is 0 Å².